The van der Waals surface area contributed by atoms with Gasteiger partial charge in [-0.3, -0.25) is 14.1 Å². The Morgan fingerprint density at radius 2 is 1.68 bits per heavy atom. The number of fused-ring (bicyclic) bond motifs is 1. The summed E-state index contributed by atoms with van der Waals surface area (Å²) in [5, 5.41) is 6.51. The number of carbonyl (C=O) groups is 2. The molecule has 0 spiro atoms. The normalized spacial score (nSPS) is 12.1. The Balaban J connectivity index is 1.40. The number of allylic oxidation sites excluding steroid dienone is 2. The summed E-state index contributed by atoms with van der Waals surface area (Å²) in [6.45, 7) is 3.78. The number of hydrogen-bond donors (Lipinski definition) is 3. The average Bonchev–Trinajstić information content (AvgIpc) is 3.35. The maximum Gasteiger partial charge on any atom is 0.266 e. The summed E-state index contributed by atoms with van der Waals surface area (Å²) < 4.78 is 36.4. The van der Waals surface area contributed by atoms with E-state index in [2.05, 4.69) is 10.6 Å². The fourth-order valence-electron chi connectivity index (χ4n) is 4.22. The number of benzene rings is 3. The second-order valence-corrected chi connectivity index (χ2v) is 11.4. The molecule has 208 valence electrons. The van der Waals surface area contributed by atoms with E-state index in [9.17, 15) is 18.0 Å². The van der Waals surface area contributed by atoms with Crippen LogP contribution in [0.15, 0.2) is 94.9 Å². The molecule has 0 bridgehead atoms. The third-order valence-electron chi connectivity index (χ3n) is 6.39. The number of amides is 2. The summed E-state index contributed by atoms with van der Waals surface area (Å²) >= 11 is 0. The first-order valence-electron chi connectivity index (χ1n) is 12.9. The van der Waals surface area contributed by atoms with E-state index in [4.69, 9.17) is 8.97 Å². The van der Waals surface area contributed by atoms with E-state index < -0.39 is 21.8 Å². The molecule has 3 aromatic carbocycles. The second kappa shape index (κ2) is 12.8. The monoisotopic (exact) mass is 560 g/mol. The van der Waals surface area contributed by atoms with E-state index >= 15 is 0 Å². The molecular formula is C31H32N2O6S. The number of anilines is 1. The molecular weight excluding hydrogens is 528 g/mol. The highest BCUT2D eigenvalue weighted by Gasteiger charge is 2.19. The maximum absolute atomic E-state index is 13.3. The lowest BCUT2D eigenvalue weighted by Crippen LogP contribution is -2.29. The first-order chi connectivity index (χ1) is 19.1. The fraction of sp³-hybridized carbons (Fsp3) is 0.226. The molecule has 8 nitrogen and oxygen atoms in total. The molecule has 40 heavy (non-hydrogen) atoms. The number of para-hydroxylation sites is 1. The molecule has 0 radical (unpaired) electrons. The van der Waals surface area contributed by atoms with Crippen LogP contribution in [0, 0.1) is 5.92 Å². The Labute approximate surface area is 233 Å². The molecule has 0 aliphatic heterocycles. The molecule has 4 rings (SSSR count). The van der Waals surface area contributed by atoms with Gasteiger partial charge in [0.15, 0.2) is 0 Å². The van der Waals surface area contributed by atoms with E-state index in [1.165, 1.54) is 0 Å². The van der Waals surface area contributed by atoms with Crippen LogP contribution in [-0.4, -0.2) is 37.1 Å². The highest BCUT2D eigenvalue weighted by atomic mass is 32.2. The number of carbonyl (C=O) groups excluding carboxylic acids is 2. The Morgan fingerprint density at radius 1 is 0.975 bits per heavy atom. The molecule has 0 saturated heterocycles. The van der Waals surface area contributed by atoms with Gasteiger partial charge in [0.2, 0.25) is 5.91 Å². The minimum atomic E-state index is -4.15. The summed E-state index contributed by atoms with van der Waals surface area (Å²) in [6.07, 6.45) is 3.06. The zero-order chi connectivity index (χ0) is 28.7. The molecule has 1 heterocycles. The van der Waals surface area contributed by atoms with Gasteiger partial charge in [-0.1, -0.05) is 42.0 Å². The van der Waals surface area contributed by atoms with Gasteiger partial charge in [0, 0.05) is 34.7 Å². The van der Waals surface area contributed by atoms with Crippen molar-refractivity contribution in [1.82, 2.24) is 5.32 Å². The van der Waals surface area contributed by atoms with Crippen LogP contribution in [0.4, 0.5) is 5.69 Å². The van der Waals surface area contributed by atoms with E-state index in [0.717, 1.165) is 33.4 Å². The van der Waals surface area contributed by atoms with Crippen LogP contribution in [0.1, 0.15) is 36.2 Å². The molecule has 2 amide bonds. The lowest BCUT2D eigenvalue weighted by atomic mass is 9.93. The van der Waals surface area contributed by atoms with E-state index in [-0.39, 0.29) is 18.4 Å². The SMILES string of the molecule is CC(C)=CCC(Cc1ccc(C(=O)NCCS(=O)(=O)O)cc1)C(=O)Nc1ccc(-c2cc3ccccc3o2)cc1. The van der Waals surface area contributed by atoms with Crippen LogP contribution in [0.2, 0.25) is 0 Å². The van der Waals surface area contributed by atoms with Gasteiger partial charge >= 0.3 is 0 Å². The van der Waals surface area contributed by atoms with Crippen molar-refractivity contribution in [2.24, 2.45) is 5.92 Å². The molecule has 1 atom stereocenters. The molecule has 0 aliphatic rings. The van der Waals surface area contributed by atoms with E-state index in [1.807, 2.05) is 74.5 Å². The number of furan rings is 1. The van der Waals surface area contributed by atoms with Crippen molar-refractivity contribution < 1.29 is 27.0 Å². The smallest absolute Gasteiger partial charge is 0.266 e. The van der Waals surface area contributed by atoms with Crippen molar-refractivity contribution in [2.75, 3.05) is 17.6 Å². The summed E-state index contributed by atoms with van der Waals surface area (Å²) in [5.41, 5.74) is 4.78. The van der Waals surface area contributed by atoms with E-state index in [0.29, 0.717) is 24.1 Å². The minimum absolute atomic E-state index is 0.110. The van der Waals surface area contributed by atoms with Gasteiger partial charge in [0.25, 0.3) is 16.0 Å². The molecule has 0 aliphatic carbocycles. The van der Waals surface area contributed by atoms with Crippen molar-refractivity contribution >= 4 is 38.6 Å². The number of hydrogen-bond acceptors (Lipinski definition) is 5. The highest BCUT2D eigenvalue weighted by molar-refractivity contribution is 7.85. The van der Waals surface area contributed by atoms with Gasteiger partial charge in [-0.2, -0.15) is 8.42 Å². The third kappa shape index (κ3) is 8.14. The van der Waals surface area contributed by atoms with Gasteiger partial charge in [-0.05, 0) is 80.8 Å². The van der Waals surface area contributed by atoms with Crippen LogP contribution >= 0.6 is 0 Å². The fourth-order valence-corrected chi connectivity index (χ4v) is 4.58. The van der Waals surface area contributed by atoms with Gasteiger partial charge in [-0.15, -0.1) is 0 Å². The summed E-state index contributed by atoms with van der Waals surface area (Å²) in [6, 6.07) is 24.2. The predicted octanol–water partition coefficient (Wildman–Crippen LogP) is 5.87. The topological polar surface area (TPSA) is 126 Å². The largest absolute Gasteiger partial charge is 0.456 e. The van der Waals surface area contributed by atoms with Crippen LogP contribution < -0.4 is 10.6 Å². The maximum atomic E-state index is 13.3. The van der Waals surface area contributed by atoms with Gasteiger partial charge in [0.05, 0.1) is 5.75 Å². The molecule has 9 heteroatoms. The zero-order valence-electron chi connectivity index (χ0n) is 22.4. The molecule has 3 N–H and O–H groups in total. The van der Waals surface area contributed by atoms with Crippen molar-refractivity contribution in [3.63, 3.8) is 0 Å². The quantitative estimate of drug-likeness (QED) is 0.156. The second-order valence-electron chi connectivity index (χ2n) is 9.87. The van der Waals surface area contributed by atoms with Crippen molar-refractivity contribution in [1.29, 1.82) is 0 Å². The Hall–Kier alpha value is -4.21. The number of rotatable bonds is 11. The van der Waals surface area contributed by atoms with Crippen LogP contribution in [0.25, 0.3) is 22.3 Å². The van der Waals surface area contributed by atoms with Crippen molar-refractivity contribution in [3.05, 3.63) is 102 Å². The van der Waals surface area contributed by atoms with Crippen molar-refractivity contribution in [3.8, 4) is 11.3 Å². The summed E-state index contributed by atoms with van der Waals surface area (Å²) in [7, 11) is -4.15. The molecule has 0 fully saturated rings. The molecule has 1 unspecified atom stereocenters. The lowest BCUT2D eigenvalue weighted by molar-refractivity contribution is -0.119. The Kier molecular flexibility index (Phi) is 9.19. The van der Waals surface area contributed by atoms with Crippen molar-refractivity contribution in [2.45, 2.75) is 26.7 Å². The van der Waals surface area contributed by atoms with Gasteiger partial charge < -0.3 is 15.1 Å². The van der Waals surface area contributed by atoms with Gasteiger partial charge in [-0.25, -0.2) is 0 Å². The van der Waals surface area contributed by atoms with Gasteiger partial charge in [0.1, 0.15) is 11.3 Å². The molecule has 4 aromatic rings. The lowest BCUT2D eigenvalue weighted by Gasteiger charge is -2.16. The average molecular weight is 561 g/mol. The first kappa shape index (κ1) is 28.8. The Morgan fingerprint density at radius 3 is 2.33 bits per heavy atom. The summed E-state index contributed by atoms with van der Waals surface area (Å²) in [4.78, 5) is 25.5. The highest BCUT2D eigenvalue weighted by Crippen LogP contribution is 2.28. The molecule has 0 saturated carbocycles. The Bertz CT molecular complexity index is 1580. The zero-order valence-corrected chi connectivity index (χ0v) is 23.2. The standard InChI is InChI=1S/C31H32N2O6S/c1-21(2)7-10-26(19-22-8-11-24(12-9-22)30(34)32-17-18-40(36,37)38)31(35)33-27-15-13-23(14-16-27)29-20-25-5-3-4-6-28(25)39-29/h3-9,11-16,20,26H,10,17-19H2,1-2H3,(H,32,34)(H,33,35)(H,36,37,38). The van der Waals surface area contributed by atoms with Crippen LogP contribution in [-0.2, 0) is 21.3 Å². The van der Waals surface area contributed by atoms with E-state index in [1.54, 1.807) is 24.3 Å². The first-order valence-corrected chi connectivity index (χ1v) is 14.5. The molecule has 1 aromatic heterocycles. The minimum Gasteiger partial charge on any atom is -0.456 e. The number of nitrogens with one attached hydrogen (secondary N) is 2. The van der Waals surface area contributed by atoms with Crippen LogP contribution in [0.3, 0.4) is 0 Å². The van der Waals surface area contributed by atoms with Crippen LogP contribution in [0.5, 0.6) is 0 Å². The third-order valence-corrected chi connectivity index (χ3v) is 7.11. The summed E-state index contributed by atoms with van der Waals surface area (Å²) in [5.74, 6) is -0.683. The predicted molar refractivity (Wildman–Crippen MR) is 157 cm³/mol.